The number of hydrogen-bond acceptors (Lipinski definition) is 4. The normalized spacial score (nSPS) is 16.7. The summed E-state index contributed by atoms with van der Waals surface area (Å²) in [5, 5.41) is 4.11. The van der Waals surface area contributed by atoms with E-state index in [1.54, 1.807) is 7.11 Å². The number of methoxy groups -OCH3 is 1. The number of guanidine groups is 1. The van der Waals surface area contributed by atoms with Gasteiger partial charge in [0.1, 0.15) is 5.75 Å². The summed E-state index contributed by atoms with van der Waals surface area (Å²) in [7, 11) is 3.64. The Morgan fingerprint density at radius 1 is 1.26 bits per heavy atom. The van der Waals surface area contributed by atoms with Crippen LogP contribution in [-0.2, 0) is 6.54 Å². The van der Waals surface area contributed by atoms with Gasteiger partial charge in [-0.2, -0.15) is 0 Å². The molecule has 1 aliphatic heterocycles. The van der Waals surface area contributed by atoms with E-state index in [1.807, 2.05) is 31.3 Å². The minimum Gasteiger partial charge on any atom is -0.495 e. The fourth-order valence-electron chi connectivity index (χ4n) is 2.69. The van der Waals surface area contributed by atoms with Crippen molar-refractivity contribution in [3.05, 3.63) is 64.7 Å². The van der Waals surface area contributed by atoms with Gasteiger partial charge in [-0.3, -0.25) is 4.99 Å². The van der Waals surface area contributed by atoms with Crippen LogP contribution in [0.2, 0.25) is 5.02 Å². The SMILES string of the molecule is COc1ccc(CN(C)C2=NCC(c3ccccc3)N2)cc1Cl. The molecule has 0 saturated carbocycles. The molecule has 0 aromatic heterocycles. The molecule has 1 unspecified atom stereocenters. The molecule has 3 rings (SSSR count). The third-order valence-electron chi connectivity index (χ3n) is 3.93. The summed E-state index contributed by atoms with van der Waals surface area (Å²) in [6.07, 6.45) is 0. The molecule has 4 nitrogen and oxygen atoms in total. The van der Waals surface area contributed by atoms with Gasteiger partial charge >= 0.3 is 0 Å². The third-order valence-corrected chi connectivity index (χ3v) is 4.22. The molecule has 5 heteroatoms. The highest BCUT2D eigenvalue weighted by molar-refractivity contribution is 6.32. The van der Waals surface area contributed by atoms with Gasteiger partial charge in [-0.25, -0.2) is 0 Å². The van der Waals surface area contributed by atoms with Crippen molar-refractivity contribution in [1.82, 2.24) is 10.2 Å². The van der Waals surface area contributed by atoms with E-state index in [1.165, 1.54) is 5.56 Å². The first kappa shape index (κ1) is 15.7. The average Bonchev–Trinajstić information content (AvgIpc) is 3.06. The molecule has 120 valence electrons. The minimum absolute atomic E-state index is 0.244. The van der Waals surface area contributed by atoms with E-state index in [0.717, 1.165) is 24.6 Å². The molecule has 0 aliphatic carbocycles. The lowest BCUT2D eigenvalue weighted by molar-refractivity contribution is 0.414. The Kier molecular flexibility index (Phi) is 4.72. The fourth-order valence-corrected chi connectivity index (χ4v) is 2.97. The summed E-state index contributed by atoms with van der Waals surface area (Å²) in [4.78, 5) is 6.72. The van der Waals surface area contributed by atoms with Crippen LogP contribution < -0.4 is 10.1 Å². The Balaban J connectivity index is 1.63. The van der Waals surface area contributed by atoms with Crippen LogP contribution >= 0.6 is 11.6 Å². The highest BCUT2D eigenvalue weighted by Crippen LogP contribution is 2.25. The Labute approximate surface area is 141 Å². The van der Waals surface area contributed by atoms with E-state index < -0.39 is 0 Å². The first-order valence-electron chi connectivity index (χ1n) is 7.57. The molecule has 2 aromatic rings. The maximum Gasteiger partial charge on any atom is 0.194 e. The number of aliphatic imine (C=N–C) groups is 1. The lowest BCUT2D eigenvalue weighted by Crippen LogP contribution is -2.36. The van der Waals surface area contributed by atoms with Crippen molar-refractivity contribution in [2.24, 2.45) is 4.99 Å². The topological polar surface area (TPSA) is 36.9 Å². The summed E-state index contributed by atoms with van der Waals surface area (Å²) in [5.74, 6) is 1.60. The van der Waals surface area contributed by atoms with Crippen LogP contribution in [0.5, 0.6) is 5.75 Å². The zero-order valence-corrected chi connectivity index (χ0v) is 14.0. The number of ether oxygens (including phenoxy) is 1. The van der Waals surface area contributed by atoms with Gasteiger partial charge in [0.15, 0.2) is 5.96 Å². The molecule has 1 atom stereocenters. The number of rotatable bonds is 4. The summed E-state index contributed by atoms with van der Waals surface area (Å²) >= 11 is 6.19. The first-order chi connectivity index (χ1) is 11.2. The number of hydrogen-bond donors (Lipinski definition) is 1. The maximum absolute atomic E-state index is 6.19. The first-order valence-corrected chi connectivity index (χ1v) is 7.94. The van der Waals surface area contributed by atoms with Crippen LogP contribution in [0.25, 0.3) is 0 Å². The Hall–Kier alpha value is -2.20. The number of benzene rings is 2. The summed E-state index contributed by atoms with van der Waals surface area (Å²) in [6.45, 7) is 1.49. The molecular formula is C18H20ClN3O. The van der Waals surface area contributed by atoms with Crippen LogP contribution in [0, 0.1) is 0 Å². The van der Waals surface area contributed by atoms with Gasteiger partial charge in [-0.1, -0.05) is 48.0 Å². The molecule has 0 radical (unpaired) electrons. The maximum atomic E-state index is 6.19. The summed E-state index contributed by atoms with van der Waals surface area (Å²) < 4.78 is 5.19. The van der Waals surface area contributed by atoms with Crippen molar-refractivity contribution in [3.63, 3.8) is 0 Å². The minimum atomic E-state index is 0.244. The van der Waals surface area contributed by atoms with Crippen molar-refractivity contribution in [1.29, 1.82) is 0 Å². The molecular weight excluding hydrogens is 310 g/mol. The van der Waals surface area contributed by atoms with Crippen LogP contribution in [-0.4, -0.2) is 31.6 Å². The quantitative estimate of drug-likeness (QED) is 0.933. The smallest absolute Gasteiger partial charge is 0.194 e. The molecule has 2 aromatic carbocycles. The standard InChI is InChI=1S/C18H20ClN3O/c1-22(12-13-8-9-17(23-2)15(19)10-13)18-20-11-16(21-18)14-6-4-3-5-7-14/h3-10,16H,11-12H2,1-2H3,(H,20,21). The fraction of sp³-hybridized carbons (Fsp3) is 0.278. The highest BCUT2D eigenvalue weighted by atomic mass is 35.5. The Morgan fingerprint density at radius 2 is 2.04 bits per heavy atom. The van der Waals surface area contributed by atoms with Gasteiger partial charge in [0.05, 0.1) is 24.7 Å². The zero-order valence-electron chi connectivity index (χ0n) is 13.3. The van der Waals surface area contributed by atoms with E-state index in [-0.39, 0.29) is 6.04 Å². The third kappa shape index (κ3) is 3.59. The summed E-state index contributed by atoms with van der Waals surface area (Å²) in [6, 6.07) is 16.5. The van der Waals surface area contributed by atoms with Crippen molar-refractivity contribution in [2.75, 3.05) is 20.7 Å². The van der Waals surface area contributed by atoms with Gasteiger partial charge in [0.25, 0.3) is 0 Å². The van der Waals surface area contributed by atoms with Crippen molar-refractivity contribution in [2.45, 2.75) is 12.6 Å². The predicted octanol–water partition coefficient (Wildman–Crippen LogP) is 3.48. The largest absolute Gasteiger partial charge is 0.495 e. The second-order valence-electron chi connectivity index (χ2n) is 5.60. The highest BCUT2D eigenvalue weighted by Gasteiger charge is 2.21. The average molecular weight is 330 g/mol. The van der Waals surface area contributed by atoms with Crippen molar-refractivity contribution < 1.29 is 4.74 Å². The van der Waals surface area contributed by atoms with Crippen LogP contribution in [0.4, 0.5) is 0 Å². The van der Waals surface area contributed by atoms with Crippen molar-refractivity contribution in [3.8, 4) is 5.75 Å². The molecule has 1 heterocycles. The van der Waals surface area contributed by atoms with Crippen LogP contribution in [0.1, 0.15) is 17.2 Å². The monoisotopic (exact) mass is 329 g/mol. The lowest BCUT2D eigenvalue weighted by Gasteiger charge is -2.21. The predicted molar refractivity (Wildman–Crippen MR) is 94.1 cm³/mol. The molecule has 0 spiro atoms. The van der Waals surface area contributed by atoms with Crippen LogP contribution in [0.3, 0.4) is 0 Å². The van der Waals surface area contributed by atoms with Crippen molar-refractivity contribution >= 4 is 17.6 Å². The van der Waals surface area contributed by atoms with Crippen LogP contribution in [0.15, 0.2) is 53.5 Å². The van der Waals surface area contributed by atoms with Gasteiger partial charge < -0.3 is 15.0 Å². The Morgan fingerprint density at radius 3 is 2.74 bits per heavy atom. The van der Waals surface area contributed by atoms with E-state index in [4.69, 9.17) is 16.3 Å². The zero-order chi connectivity index (χ0) is 16.2. The number of nitrogens with one attached hydrogen (secondary N) is 1. The molecule has 1 aliphatic rings. The second-order valence-corrected chi connectivity index (χ2v) is 6.00. The molecule has 1 N–H and O–H groups in total. The number of nitrogens with zero attached hydrogens (tertiary/aromatic N) is 2. The van der Waals surface area contributed by atoms with E-state index in [0.29, 0.717) is 10.8 Å². The van der Waals surface area contributed by atoms with Gasteiger partial charge in [-0.05, 0) is 23.3 Å². The Bertz CT molecular complexity index is 703. The molecule has 0 bridgehead atoms. The van der Waals surface area contributed by atoms with E-state index in [9.17, 15) is 0 Å². The van der Waals surface area contributed by atoms with E-state index in [2.05, 4.69) is 39.5 Å². The molecule has 0 saturated heterocycles. The second kappa shape index (κ2) is 6.92. The molecule has 23 heavy (non-hydrogen) atoms. The van der Waals surface area contributed by atoms with Gasteiger partial charge in [0.2, 0.25) is 0 Å². The number of halogens is 1. The lowest BCUT2D eigenvalue weighted by atomic mass is 10.1. The molecule has 0 amide bonds. The van der Waals surface area contributed by atoms with E-state index >= 15 is 0 Å². The van der Waals surface area contributed by atoms with Gasteiger partial charge in [0, 0.05) is 13.6 Å². The summed E-state index contributed by atoms with van der Waals surface area (Å²) in [5.41, 5.74) is 2.37. The van der Waals surface area contributed by atoms with Gasteiger partial charge in [-0.15, -0.1) is 0 Å². The molecule has 0 fully saturated rings.